The van der Waals surface area contributed by atoms with E-state index in [1.165, 1.54) is 28.6 Å². The van der Waals surface area contributed by atoms with Crippen LogP contribution in [0.3, 0.4) is 0 Å². The van der Waals surface area contributed by atoms with Gasteiger partial charge in [-0.25, -0.2) is 13.2 Å². The number of non-ortho nitro benzene ring substituents is 1. The summed E-state index contributed by atoms with van der Waals surface area (Å²) in [7, 11) is -3.76. The summed E-state index contributed by atoms with van der Waals surface area (Å²) < 4.78 is 32.5. The van der Waals surface area contributed by atoms with Gasteiger partial charge in [-0.2, -0.15) is 4.31 Å². The number of nitro benzene ring substituents is 1. The summed E-state index contributed by atoms with van der Waals surface area (Å²) in [5.74, 6) is 0. The molecule has 158 valence electrons. The second kappa shape index (κ2) is 7.69. The molecule has 0 N–H and O–H groups in total. The van der Waals surface area contributed by atoms with Crippen LogP contribution in [-0.4, -0.2) is 42.9 Å². The highest BCUT2D eigenvalue weighted by molar-refractivity contribution is 7.89. The molecular weight excluding hydrogens is 410 g/mol. The number of piperidine rings is 1. The fourth-order valence-corrected chi connectivity index (χ4v) is 5.42. The Kier molecular flexibility index (Phi) is 5.20. The number of carbonyl (C=O) groups excluding carboxylic acids is 1. The van der Waals surface area contributed by atoms with Crippen molar-refractivity contribution >= 4 is 27.5 Å². The molecule has 1 saturated heterocycles. The fourth-order valence-electron chi connectivity index (χ4n) is 3.95. The van der Waals surface area contributed by atoms with E-state index in [1.807, 2.05) is 25.1 Å². The van der Waals surface area contributed by atoms with Gasteiger partial charge < -0.3 is 4.74 Å². The number of sulfonamides is 1. The van der Waals surface area contributed by atoms with Crippen LogP contribution in [0.5, 0.6) is 0 Å². The summed E-state index contributed by atoms with van der Waals surface area (Å²) in [6.07, 6.45) is 0.520. The van der Waals surface area contributed by atoms with Gasteiger partial charge in [0, 0.05) is 36.8 Å². The van der Waals surface area contributed by atoms with E-state index in [2.05, 4.69) is 0 Å². The second-order valence-electron chi connectivity index (χ2n) is 7.44. The van der Waals surface area contributed by atoms with E-state index < -0.39 is 21.0 Å². The number of anilines is 1. The number of rotatable bonds is 4. The van der Waals surface area contributed by atoms with E-state index in [0.717, 1.165) is 16.8 Å². The Morgan fingerprint density at radius 2 is 1.77 bits per heavy atom. The van der Waals surface area contributed by atoms with Crippen molar-refractivity contribution in [1.82, 2.24) is 4.31 Å². The predicted octanol–water partition coefficient (Wildman–Crippen LogP) is 3.21. The van der Waals surface area contributed by atoms with Gasteiger partial charge in [0.25, 0.3) is 5.69 Å². The molecule has 0 aromatic heterocycles. The quantitative estimate of drug-likeness (QED) is 0.543. The van der Waals surface area contributed by atoms with Crippen molar-refractivity contribution in [1.29, 1.82) is 0 Å². The van der Waals surface area contributed by atoms with Crippen molar-refractivity contribution in [3.63, 3.8) is 0 Å². The third-order valence-corrected chi connectivity index (χ3v) is 7.43. The zero-order valence-corrected chi connectivity index (χ0v) is 17.2. The van der Waals surface area contributed by atoms with Crippen LogP contribution in [-0.2, 0) is 21.4 Å². The molecule has 0 bridgehead atoms. The first-order valence-corrected chi connectivity index (χ1v) is 11.0. The predicted molar refractivity (Wildman–Crippen MR) is 109 cm³/mol. The highest BCUT2D eigenvalue weighted by atomic mass is 32.2. The molecule has 0 saturated carbocycles. The van der Waals surface area contributed by atoms with Crippen LogP contribution in [0.4, 0.5) is 16.2 Å². The molecule has 2 aromatic carbocycles. The number of amides is 1. The normalized spacial score (nSPS) is 18.0. The topological polar surface area (TPSA) is 110 Å². The zero-order valence-electron chi connectivity index (χ0n) is 16.4. The number of nitro groups is 1. The molecule has 0 atom stereocenters. The SMILES string of the molecule is Cc1ccc2c(c1)COC(=O)N2C1CCN(S(=O)(=O)c2ccc([N+](=O)[O-])cc2)CC1. The minimum atomic E-state index is -3.76. The molecule has 10 heteroatoms. The van der Waals surface area contributed by atoms with Crippen molar-refractivity contribution in [2.24, 2.45) is 0 Å². The Morgan fingerprint density at radius 3 is 2.40 bits per heavy atom. The molecule has 1 amide bonds. The summed E-state index contributed by atoms with van der Waals surface area (Å²) in [6, 6.07) is 10.5. The monoisotopic (exact) mass is 431 g/mol. The van der Waals surface area contributed by atoms with Crippen LogP contribution in [0, 0.1) is 17.0 Å². The molecule has 2 aliphatic rings. The maximum Gasteiger partial charge on any atom is 0.414 e. The molecule has 0 unspecified atom stereocenters. The number of fused-ring (bicyclic) bond motifs is 1. The lowest BCUT2D eigenvalue weighted by molar-refractivity contribution is -0.384. The van der Waals surface area contributed by atoms with Gasteiger partial charge in [-0.3, -0.25) is 15.0 Å². The Balaban J connectivity index is 1.50. The number of nitrogens with zero attached hydrogens (tertiary/aromatic N) is 3. The van der Waals surface area contributed by atoms with E-state index in [0.29, 0.717) is 12.8 Å². The van der Waals surface area contributed by atoms with Crippen molar-refractivity contribution in [2.75, 3.05) is 18.0 Å². The van der Waals surface area contributed by atoms with E-state index in [-0.39, 0.29) is 36.3 Å². The van der Waals surface area contributed by atoms with E-state index in [4.69, 9.17) is 4.74 Å². The number of hydrogen-bond donors (Lipinski definition) is 0. The molecule has 0 radical (unpaired) electrons. The van der Waals surface area contributed by atoms with Crippen LogP contribution >= 0.6 is 0 Å². The van der Waals surface area contributed by atoms with Crippen LogP contribution in [0.25, 0.3) is 0 Å². The number of cyclic esters (lactones) is 1. The molecule has 1 fully saturated rings. The number of aryl methyl sites for hydroxylation is 1. The molecule has 9 nitrogen and oxygen atoms in total. The van der Waals surface area contributed by atoms with Crippen LogP contribution in [0.1, 0.15) is 24.0 Å². The number of ether oxygens (including phenoxy) is 1. The van der Waals surface area contributed by atoms with E-state index in [1.54, 1.807) is 4.90 Å². The lowest BCUT2D eigenvalue weighted by Crippen LogP contribution is -2.50. The van der Waals surface area contributed by atoms with E-state index >= 15 is 0 Å². The Labute approximate surface area is 174 Å². The van der Waals surface area contributed by atoms with Gasteiger partial charge in [0.1, 0.15) is 6.61 Å². The maximum atomic E-state index is 12.9. The highest BCUT2D eigenvalue weighted by Gasteiger charge is 2.37. The molecule has 4 rings (SSSR count). The first kappa shape index (κ1) is 20.3. The van der Waals surface area contributed by atoms with Crippen molar-refractivity contribution in [3.05, 3.63) is 63.7 Å². The minimum Gasteiger partial charge on any atom is -0.444 e. The molecular formula is C20H21N3O6S. The lowest BCUT2D eigenvalue weighted by Gasteiger charge is -2.39. The van der Waals surface area contributed by atoms with Gasteiger partial charge in [0.05, 0.1) is 15.5 Å². The molecule has 2 aromatic rings. The van der Waals surface area contributed by atoms with Gasteiger partial charge in [0.15, 0.2) is 0 Å². The fraction of sp³-hybridized carbons (Fsp3) is 0.350. The van der Waals surface area contributed by atoms with Gasteiger partial charge in [-0.05, 0) is 38.0 Å². The van der Waals surface area contributed by atoms with Crippen LogP contribution in [0.15, 0.2) is 47.4 Å². The van der Waals surface area contributed by atoms with Gasteiger partial charge in [-0.1, -0.05) is 17.7 Å². The minimum absolute atomic E-state index is 0.0183. The average Bonchev–Trinajstić information content (AvgIpc) is 2.74. The number of hydrogen-bond acceptors (Lipinski definition) is 6. The average molecular weight is 431 g/mol. The third kappa shape index (κ3) is 3.63. The highest BCUT2D eigenvalue weighted by Crippen LogP contribution is 2.33. The second-order valence-corrected chi connectivity index (χ2v) is 9.38. The summed E-state index contributed by atoms with van der Waals surface area (Å²) in [6.45, 7) is 2.70. The van der Waals surface area contributed by atoms with Crippen LogP contribution in [0.2, 0.25) is 0 Å². The van der Waals surface area contributed by atoms with Gasteiger partial charge in [0.2, 0.25) is 10.0 Å². The standard InChI is InChI=1S/C20H21N3O6S/c1-14-2-7-19-15(12-14)13-29-20(24)22(19)16-8-10-21(11-9-16)30(27,28)18-5-3-17(4-6-18)23(25)26/h2-7,12,16H,8-11,13H2,1H3. The summed E-state index contributed by atoms with van der Waals surface area (Å²) >= 11 is 0. The molecule has 2 heterocycles. The van der Waals surface area contributed by atoms with Crippen molar-refractivity contribution in [3.8, 4) is 0 Å². The molecule has 0 spiro atoms. The van der Waals surface area contributed by atoms with Gasteiger partial charge in [-0.15, -0.1) is 0 Å². The lowest BCUT2D eigenvalue weighted by atomic mass is 10.0. The summed E-state index contributed by atoms with van der Waals surface area (Å²) in [5, 5.41) is 10.8. The Hall–Kier alpha value is -2.98. The first-order chi connectivity index (χ1) is 14.3. The molecule has 2 aliphatic heterocycles. The number of carbonyl (C=O) groups is 1. The summed E-state index contributed by atoms with van der Waals surface area (Å²) in [4.78, 5) is 24.3. The van der Waals surface area contributed by atoms with Crippen LogP contribution < -0.4 is 4.90 Å². The zero-order chi connectivity index (χ0) is 21.5. The maximum absolute atomic E-state index is 12.9. The third-order valence-electron chi connectivity index (χ3n) is 5.52. The number of benzene rings is 2. The molecule has 30 heavy (non-hydrogen) atoms. The van der Waals surface area contributed by atoms with E-state index in [9.17, 15) is 23.3 Å². The van der Waals surface area contributed by atoms with Gasteiger partial charge >= 0.3 is 6.09 Å². The Morgan fingerprint density at radius 1 is 1.10 bits per heavy atom. The smallest absolute Gasteiger partial charge is 0.414 e. The van der Waals surface area contributed by atoms with Crippen molar-refractivity contribution < 1.29 is 22.9 Å². The van der Waals surface area contributed by atoms with Crippen molar-refractivity contribution in [2.45, 2.75) is 37.3 Å². The largest absolute Gasteiger partial charge is 0.444 e. The first-order valence-electron chi connectivity index (χ1n) is 9.57. The molecule has 0 aliphatic carbocycles. The Bertz CT molecular complexity index is 1090. The summed E-state index contributed by atoms with van der Waals surface area (Å²) in [5.41, 5.74) is 2.67.